The van der Waals surface area contributed by atoms with Crippen LogP contribution in [0.2, 0.25) is 0 Å². The monoisotopic (exact) mass is 290 g/mol. The Morgan fingerprint density at radius 2 is 2.33 bits per heavy atom. The molecule has 9 heteroatoms. The normalized spacial score (nSPS) is 10.2. The number of hydrogen-bond donors (Lipinski definition) is 3. The van der Waals surface area contributed by atoms with Gasteiger partial charge in [0.15, 0.2) is 0 Å². The van der Waals surface area contributed by atoms with Gasteiger partial charge < -0.3 is 10.3 Å². The first-order chi connectivity index (χ1) is 10.0. The average molecular weight is 290 g/mol. The molecule has 0 aliphatic carbocycles. The second-order valence-electron chi connectivity index (χ2n) is 4.37. The van der Waals surface area contributed by atoms with Gasteiger partial charge in [-0.3, -0.25) is 25.9 Å². The number of nitro groups is 1. The summed E-state index contributed by atoms with van der Waals surface area (Å²) in [4.78, 5) is 24.2. The number of benzene rings is 1. The third-order valence-electron chi connectivity index (χ3n) is 2.94. The molecular formula is C12H14N6O3. The minimum Gasteiger partial charge on any atom is -0.337 e. The lowest BCUT2D eigenvalue weighted by Crippen LogP contribution is -2.27. The minimum atomic E-state index is -0.595. The fourth-order valence-electron chi connectivity index (χ4n) is 1.94. The Kier molecular flexibility index (Phi) is 4.14. The number of nitrogen functional groups attached to an aromatic ring is 1. The predicted molar refractivity (Wildman–Crippen MR) is 75.3 cm³/mol. The Hall–Kier alpha value is -2.94. The van der Waals surface area contributed by atoms with E-state index in [4.69, 9.17) is 5.84 Å². The molecule has 21 heavy (non-hydrogen) atoms. The van der Waals surface area contributed by atoms with Gasteiger partial charge in [0.2, 0.25) is 0 Å². The summed E-state index contributed by atoms with van der Waals surface area (Å²) in [7, 11) is 1.59. The van der Waals surface area contributed by atoms with Gasteiger partial charge in [0.1, 0.15) is 5.69 Å². The SMILES string of the molecule is CN(Cc1cn[nH]c1)C(=O)c1cccc([N+](=O)[O-])c1NN. The first-order valence-electron chi connectivity index (χ1n) is 6.01. The van der Waals surface area contributed by atoms with Crippen LogP contribution >= 0.6 is 0 Å². The molecule has 1 heterocycles. The Balaban J connectivity index is 2.30. The molecule has 0 spiro atoms. The highest BCUT2D eigenvalue weighted by atomic mass is 16.6. The molecule has 1 amide bonds. The molecule has 2 aromatic rings. The molecule has 110 valence electrons. The van der Waals surface area contributed by atoms with Crippen LogP contribution in [-0.4, -0.2) is 33.0 Å². The smallest absolute Gasteiger partial charge is 0.294 e. The van der Waals surface area contributed by atoms with Crippen LogP contribution < -0.4 is 11.3 Å². The molecule has 4 N–H and O–H groups in total. The highest BCUT2D eigenvalue weighted by Gasteiger charge is 2.23. The first kappa shape index (κ1) is 14.5. The first-order valence-corrected chi connectivity index (χ1v) is 6.01. The number of nitro benzene ring substituents is 1. The molecule has 1 aromatic heterocycles. The number of nitrogens with one attached hydrogen (secondary N) is 2. The van der Waals surface area contributed by atoms with E-state index in [0.29, 0.717) is 6.54 Å². The molecule has 1 aromatic carbocycles. The third kappa shape index (κ3) is 2.98. The lowest BCUT2D eigenvalue weighted by molar-refractivity contribution is -0.384. The van der Waals surface area contributed by atoms with Crippen LogP contribution in [0.15, 0.2) is 30.6 Å². The molecule has 0 aliphatic heterocycles. The second-order valence-corrected chi connectivity index (χ2v) is 4.37. The Bertz CT molecular complexity index is 655. The van der Waals surface area contributed by atoms with Crippen molar-refractivity contribution >= 4 is 17.3 Å². The maximum Gasteiger partial charge on any atom is 0.294 e. The number of aromatic nitrogens is 2. The van der Waals surface area contributed by atoms with Crippen LogP contribution in [0.3, 0.4) is 0 Å². The Morgan fingerprint density at radius 1 is 1.57 bits per heavy atom. The molecule has 0 saturated carbocycles. The number of hydrazine groups is 1. The van der Waals surface area contributed by atoms with Crippen molar-refractivity contribution in [2.24, 2.45) is 5.84 Å². The number of carbonyl (C=O) groups is 1. The van der Waals surface area contributed by atoms with Gasteiger partial charge in [-0.2, -0.15) is 5.10 Å². The standard InChI is InChI=1S/C12H14N6O3/c1-17(7-8-5-14-15-6-8)12(19)9-3-2-4-10(18(20)21)11(9)16-13/h2-6,16H,7,13H2,1H3,(H,14,15). The molecule has 0 radical (unpaired) electrons. The van der Waals surface area contributed by atoms with Gasteiger partial charge in [-0.1, -0.05) is 6.07 Å². The molecule has 0 saturated heterocycles. The zero-order chi connectivity index (χ0) is 15.4. The zero-order valence-corrected chi connectivity index (χ0v) is 11.2. The number of nitrogens with two attached hydrogens (primary N) is 1. The summed E-state index contributed by atoms with van der Waals surface area (Å²) in [5.74, 6) is 4.94. The number of hydrogen-bond acceptors (Lipinski definition) is 6. The van der Waals surface area contributed by atoms with Crippen molar-refractivity contribution in [1.82, 2.24) is 15.1 Å². The summed E-state index contributed by atoms with van der Waals surface area (Å²) in [5, 5.41) is 17.4. The van der Waals surface area contributed by atoms with E-state index in [2.05, 4.69) is 15.6 Å². The molecule has 0 unspecified atom stereocenters. The van der Waals surface area contributed by atoms with E-state index < -0.39 is 4.92 Å². The van der Waals surface area contributed by atoms with Gasteiger partial charge in [0.05, 0.1) is 16.7 Å². The van der Waals surface area contributed by atoms with Crippen LogP contribution in [0.1, 0.15) is 15.9 Å². The number of anilines is 1. The third-order valence-corrected chi connectivity index (χ3v) is 2.94. The van der Waals surface area contributed by atoms with Gasteiger partial charge in [0, 0.05) is 31.4 Å². The summed E-state index contributed by atoms with van der Waals surface area (Å²) in [6, 6.07) is 4.20. The number of aromatic amines is 1. The molecule has 2 rings (SSSR count). The summed E-state index contributed by atoms with van der Waals surface area (Å²) >= 11 is 0. The summed E-state index contributed by atoms with van der Waals surface area (Å²) < 4.78 is 0. The molecular weight excluding hydrogens is 276 g/mol. The maximum atomic E-state index is 12.4. The predicted octanol–water partition coefficient (Wildman–Crippen LogP) is 0.876. The molecule has 9 nitrogen and oxygen atoms in total. The van der Waals surface area contributed by atoms with Crippen LogP contribution in [0.5, 0.6) is 0 Å². The lowest BCUT2D eigenvalue weighted by atomic mass is 10.1. The number of rotatable bonds is 5. The van der Waals surface area contributed by atoms with Crippen molar-refractivity contribution in [1.29, 1.82) is 0 Å². The van der Waals surface area contributed by atoms with E-state index in [1.807, 2.05) is 0 Å². The molecule has 0 atom stereocenters. The topological polar surface area (TPSA) is 130 Å². The van der Waals surface area contributed by atoms with E-state index in [1.54, 1.807) is 19.4 Å². The van der Waals surface area contributed by atoms with Crippen LogP contribution in [0.25, 0.3) is 0 Å². The summed E-state index contributed by atoms with van der Waals surface area (Å²) in [6.45, 7) is 0.321. The van der Waals surface area contributed by atoms with Crippen LogP contribution in [-0.2, 0) is 6.54 Å². The van der Waals surface area contributed by atoms with E-state index in [0.717, 1.165) is 5.56 Å². The average Bonchev–Trinajstić information content (AvgIpc) is 2.98. The van der Waals surface area contributed by atoms with Gasteiger partial charge in [-0.05, 0) is 6.07 Å². The fourth-order valence-corrected chi connectivity index (χ4v) is 1.94. The number of nitrogens with zero attached hydrogens (tertiary/aromatic N) is 3. The largest absolute Gasteiger partial charge is 0.337 e. The zero-order valence-electron chi connectivity index (χ0n) is 11.2. The second kappa shape index (κ2) is 6.01. The van der Waals surface area contributed by atoms with Gasteiger partial charge in [-0.25, -0.2) is 0 Å². The van der Waals surface area contributed by atoms with E-state index in [9.17, 15) is 14.9 Å². The number of para-hydroxylation sites is 1. The summed E-state index contributed by atoms with van der Waals surface area (Å²) in [5.41, 5.74) is 2.93. The van der Waals surface area contributed by atoms with Crippen LogP contribution in [0, 0.1) is 10.1 Å². The Labute approximate surface area is 119 Å². The lowest BCUT2D eigenvalue weighted by Gasteiger charge is -2.18. The molecule has 0 bridgehead atoms. The van der Waals surface area contributed by atoms with E-state index >= 15 is 0 Å². The van der Waals surface area contributed by atoms with Gasteiger partial charge in [0.25, 0.3) is 11.6 Å². The highest BCUT2D eigenvalue weighted by molar-refractivity contribution is 6.01. The van der Waals surface area contributed by atoms with Crippen molar-refractivity contribution < 1.29 is 9.72 Å². The molecule has 0 aliphatic rings. The number of H-pyrrole nitrogens is 1. The maximum absolute atomic E-state index is 12.4. The number of carbonyl (C=O) groups excluding carboxylic acids is 1. The fraction of sp³-hybridized carbons (Fsp3) is 0.167. The quantitative estimate of drug-likeness (QED) is 0.425. The molecule has 0 fully saturated rings. The summed E-state index contributed by atoms with van der Waals surface area (Å²) in [6.07, 6.45) is 3.26. The van der Waals surface area contributed by atoms with Crippen molar-refractivity contribution in [3.8, 4) is 0 Å². The van der Waals surface area contributed by atoms with Crippen LogP contribution in [0.4, 0.5) is 11.4 Å². The van der Waals surface area contributed by atoms with Gasteiger partial charge >= 0.3 is 0 Å². The number of amides is 1. The van der Waals surface area contributed by atoms with E-state index in [1.165, 1.54) is 23.1 Å². The van der Waals surface area contributed by atoms with Gasteiger partial charge in [-0.15, -0.1) is 0 Å². The van der Waals surface area contributed by atoms with Crippen molar-refractivity contribution in [2.75, 3.05) is 12.5 Å². The van der Waals surface area contributed by atoms with Crippen molar-refractivity contribution in [2.45, 2.75) is 6.54 Å². The van der Waals surface area contributed by atoms with E-state index in [-0.39, 0.29) is 22.8 Å². The minimum absolute atomic E-state index is 0.00783. The Morgan fingerprint density at radius 3 is 2.90 bits per heavy atom. The van der Waals surface area contributed by atoms with Crippen molar-refractivity contribution in [3.63, 3.8) is 0 Å². The van der Waals surface area contributed by atoms with Crippen molar-refractivity contribution in [3.05, 3.63) is 51.8 Å². The highest BCUT2D eigenvalue weighted by Crippen LogP contribution is 2.28.